The van der Waals surface area contributed by atoms with Gasteiger partial charge in [0.1, 0.15) is 18.9 Å². The van der Waals surface area contributed by atoms with Gasteiger partial charge in [0.05, 0.1) is 18.8 Å². The summed E-state index contributed by atoms with van der Waals surface area (Å²) in [6.45, 7) is 6.76. The molecule has 3 heteroatoms. The van der Waals surface area contributed by atoms with Crippen LogP contribution < -0.4 is 15.4 Å². The number of nitrogens with one attached hydrogen (secondary N) is 1. The molecule has 0 bridgehead atoms. The fourth-order valence-corrected chi connectivity index (χ4v) is 2.34. The topological polar surface area (TPSA) is 39.7 Å². The minimum Gasteiger partial charge on any atom is -0.486 e. The maximum Gasteiger partial charge on any atom is 0.142 e. The molecule has 0 saturated carbocycles. The van der Waals surface area contributed by atoms with Gasteiger partial charge < -0.3 is 15.4 Å². The number of anilines is 1. The minimum atomic E-state index is 0.731. The summed E-state index contributed by atoms with van der Waals surface area (Å²) in [6.07, 6.45) is 2.70. The van der Waals surface area contributed by atoms with E-state index in [9.17, 15) is 0 Å². The Kier molecular flexibility index (Phi) is 4.26. The van der Waals surface area contributed by atoms with Gasteiger partial charge in [0.2, 0.25) is 0 Å². The van der Waals surface area contributed by atoms with E-state index in [1.54, 1.807) is 4.90 Å². The van der Waals surface area contributed by atoms with Crippen molar-refractivity contribution >= 4 is 5.69 Å². The zero-order valence-electron chi connectivity index (χ0n) is 10.6. The van der Waals surface area contributed by atoms with Gasteiger partial charge in [0.25, 0.3) is 0 Å². The summed E-state index contributed by atoms with van der Waals surface area (Å²) in [5.74, 6) is 1.72. The van der Waals surface area contributed by atoms with Crippen LogP contribution in [0.2, 0.25) is 0 Å². The number of hydrogen-bond acceptors (Lipinski definition) is 2. The molecule has 2 rings (SSSR count). The van der Waals surface area contributed by atoms with Crippen molar-refractivity contribution < 1.29 is 9.64 Å². The third-order valence-corrected chi connectivity index (χ3v) is 3.61. The second kappa shape index (κ2) is 5.92. The summed E-state index contributed by atoms with van der Waals surface area (Å²) in [5.41, 5.74) is 6.56. The number of nitrogen functional groups attached to an aromatic ring is 1. The normalized spacial score (nSPS) is 24.5. The van der Waals surface area contributed by atoms with Crippen LogP contribution in [0.3, 0.4) is 0 Å². The van der Waals surface area contributed by atoms with Crippen LogP contribution in [-0.2, 0) is 0 Å². The van der Waals surface area contributed by atoms with Gasteiger partial charge in [-0.2, -0.15) is 0 Å². The SMILES string of the molecule is CC1CC[NH+](CCOc2ccccc2N)CC1. The molecule has 0 spiro atoms. The van der Waals surface area contributed by atoms with E-state index in [-0.39, 0.29) is 0 Å². The van der Waals surface area contributed by atoms with Crippen LogP contribution in [0, 0.1) is 5.92 Å². The number of para-hydroxylation sites is 2. The second-order valence-electron chi connectivity index (χ2n) is 5.07. The molecule has 3 nitrogen and oxygen atoms in total. The first-order valence-electron chi connectivity index (χ1n) is 6.56. The van der Waals surface area contributed by atoms with Crippen molar-refractivity contribution in [1.82, 2.24) is 0 Å². The van der Waals surface area contributed by atoms with Gasteiger partial charge in [-0.1, -0.05) is 19.1 Å². The van der Waals surface area contributed by atoms with Crippen LogP contribution in [0.5, 0.6) is 5.75 Å². The molecule has 0 unspecified atom stereocenters. The number of benzene rings is 1. The molecule has 0 atom stereocenters. The fraction of sp³-hybridized carbons (Fsp3) is 0.571. The molecule has 3 N–H and O–H groups in total. The quantitative estimate of drug-likeness (QED) is 0.763. The van der Waals surface area contributed by atoms with Gasteiger partial charge in [0, 0.05) is 0 Å². The van der Waals surface area contributed by atoms with Crippen LogP contribution in [0.25, 0.3) is 0 Å². The molecular formula is C14H23N2O+. The first kappa shape index (κ1) is 12.2. The summed E-state index contributed by atoms with van der Waals surface area (Å²) in [4.78, 5) is 1.66. The van der Waals surface area contributed by atoms with E-state index in [0.29, 0.717) is 0 Å². The number of quaternary nitrogens is 1. The van der Waals surface area contributed by atoms with E-state index in [1.807, 2.05) is 24.3 Å². The lowest BCUT2D eigenvalue weighted by atomic mass is 9.99. The van der Waals surface area contributed by atoms with Crippen LogP contribution in [0.4, 0.5) is 5.69 Å². The first-order chi connectivity index (χ1) is 8.25. The maximum atomic E-state index is 5.83. The van der Waals surface area contributed by atoms with E-state index in [4.69, 9.17) is 10.5 Å². The highest BCUT2D eigenvalue weighted by molar-refractivity contribution is 5.51. The molecule has 0 amide bonds. The Balaban J connectivity index is 1.71. The molecular weight excluding hydrogens is 212 g/mol. The van der Waals surface area contributed by atoms with E-state index >= 15 is 0 Å². The Morgan fingerprint density at radius 3 is 2.71 bits per heavy atom. The summed E-state index contributed by atoms with van der Waals surface area (Å²) >= 11 is 0. The Morgan fingerprint density at radius 1 is 1.29 bits per heavy atom. The molecule has 1 aromatic rings. The zero-order chi connectivity index (χ0) is 12.1. The average Bonchev–Trinajstić information content (AvgIpc) is 2.34. The molecule has 17 heavy (non-hydrogen) atoms. The highest BCUT2D eigenvalue weighted by Gasteiger charge is 2.18. The predicted molar refractivity (Wildman–Crippen MR) is 70.3 cm³/mol. The Bertz CT molecular complexity index is 346. The van der Waals surface area contributed by atoms with Crippen molar-refractivity contribution in [3.05, 3.63) is 24.3 Å². The highest BCUT2D eigenvalue weighted by Crippen LogP contribution is 2.19. The number of piperidine rings is 1. The van der Waals surface area contributed by atoms with E-state index in [2.05, 4.69) is 6.92 Å². The highest BCUT2D eigenvalue weighted by atomic mass is 16.5. The molecule has 1 fully saturated rings. The fourth-order valence-electron chi connectivity index (χ4n) is 2.34. The van der Waals surface area contributed by atoms with Crippen molar-refractivity contribution in [2.45, 2.75) is 19.8 Å². The van der Waals surface area contributed by atoms with Crippen LogP contribution in [0.15, 0.2) is 24.3 Å². The first-order valence-corrected chi connectivity index (χ1v) is 6.56. The lowest BCUT2D eigenvalue weighted by molar-refractivity contribution is -0.906. The molecule has 1 aliphatic heterocycles. The van der Waals surface area contributed by atoms with Crippen molar-refractivity contribution in [3.8, 4) is 5.75 Å². The second-order valence-corrected chi connectivity index (χ2v) is 5.07. The summed E-state index contributed by atoms with van der Waals surface area (Å²) < 4.78 is 5.72. The van der Waals surface area contributed by atoms with Gasteiger partial charge in [0.15, 0.2) is 0 Å². The van der Waals surface area contributed by atoms with Crippen molar-refractivity contribution in [2.75, 3.05) is 32.0 Å². The van der Waals surface area contributed by atoms with Crippen LogP contribution >= 0.6 is 0 Å². The monoisotopic (exact) mass is 235 g/mol. The van der Waals surface area contributed by atoms with E-state index < -0.39 is 0 Å². The van der Waals surface area contributed by atoms with Crippen molar-refractivity contribution in [3.63, 3.8) is 0 Å². The molecule has 1 aliphatic rings. The number of rotatable bonds is 4. The van der Waals surface area contributed by atoms with E-state index in [1.165, 1.54) is 25.9 Å². The summed E-state index contributed by atoms with van der Waals surface area (Å²) in [5, 5.41) is 0. The van der Waals surface area contributed by atoms with Gasteiger partial charge in [-0.3, -0.25) is 0 Å². The Hall–Kier alpha value is -1.22. The lowest BCUT2D eigenvalue weighted by Crippen LogP contribution is -3.13. The molecule has 0 radical (unpaired) electrons. The molecule has 1 heterocycles. The molecule has 0 aromatic heterocycles. The largest absolute Gasteiger partial charge is 0.486 e. The third-order valence-electron chi connectivity index (χ3n) is 3.61. The van der Waals surface area contributed by atoms with E-state index in [0.717, 1.165) is 30.5 Å². The molecule has 94 valence electrons. The van der Waals surface area contributed by atoms with Gasteiger partial charge in [-0.15, -0.1) is 0 Å². The average molecular weight is 235 g/mol. The standard InChI is InChI=1S/C14H22N2O/c1-12-6-8-16(9-7-12)10-11-17-14-5-3-2-4-13(14)15/h2-5,12H,6-11,15H2,1H3/p+1. The van der Waals surface area contributed by atoms with Crippen molar-refractivity contribution in [1.29, 1.82) is 0 Å². The Labute approximate surface area is 104 Å². The number of likely N-dealkylation sites (tertiary alicyclic amines) is 1. The molecule has 0 aliphatic carbocycles. The summed E-state index contributed by atoms with van der Waals surface area (Å²) in [7, 11) is 0. The lowest BCUT2D eigenvalue weighted by Gasteiger charge is -2.27. The van der Waals surface area contributed by atoms with Crippen LogP contribution in [0.1, 0.15) is 19.8 Å². The predicted octanol–water partition coefficient (Wildman–Crippen LogP) is 0.962. The number of hydrogen-bond donors (Lipinski definition) is 2. The molecule has 1 aromatic carbocycles. The maximum absolute atomic E-state index is 5.83. The van der Waals surface area contributed by atoms with Gasteiger partial charge in [-0.05, 0) is 30.9 Å². The summed E-state index contributed by atoms with van der Waals surface area (Å²) in [6, 6.07) is 7.70. The zero-order valence-corrected chi connectivity index (χ0v) is 10.6. The smallest absolute Gasteiger partial charge is 0.142 e. The van der Waals surface area contributed by atoms with Gasteiger partial charge >= 0.3 is 0 Å². The van der Waals surface area contributed by atoms with Crippen LogP contribution in [-0.4, -0.2) is 26.2 Å². The van der Waals surface area contributed by atoms with Crippen molar-refractivity contribution in [2.24, 2.45) is 5.92 Å². The number of nitrogens with two attached hydrogens (primary N) is 1. The molecule has 1 saturated heterocycles. The third kappa shape index (κ3) is 3.63. The number of ether oxygens (including phenoxy) is 1. The Morgan fingerprint density at radius 2 is 2.00 bits per heavy atom. The van der Waals surface area contributed by atoms with Gasteiger partial charge in [-0.25, -0.2) is 0 Å². The minimum absolute atomic E-state index is 0.731.